The number of hydrogen-bond donors (Lipinski definition) is 1. The number of carbonyl (C=O) groups excluding carboxylic acids is 3. The van der Waals surface area contributed by atoms with Crippen molar-refractivity contribution >= 4 is 40.6 Å². The predicted octanol–water partition coefficient (Wildman–Crippen LogP) is 1.47. The fourth-order valence-electron chi connectivity index (χ4n) is 6.01. The summed E-state index contributed by atoms with van der Waals surface area (Å²) < 4.78 is 16.4. The summed E-state index contributed by atoms with van der Waals surface area (Å²) in [5, 5.41) is 14.5. The topological polar surface area (TPSA) is 144 Å². The summed E-state index contributed by atoms with van der Waals surface area (Å²) in [6, 6.07) is 8.01. The van der Waals surface area contributed by atoms with Crippen LogP contribution in [0.3, 0.4) is 0 Å². The fourth-order valence-corrected chi connectivity index (χ4v) is 6.01. The molecule has 39 heavy (non-hydrogen) atoms. The van der Waals surface area contributed by atoms with E-state index in [0.29, 0.717) is 56.5 Å². The lowest BCUT2D eigenvalue weighted by Gasteiger charge is -2.53. The molecule has 4 aliphatic rings. The Morgan fingerprint density at radius 3 is 2.44 bits per heavy atom. The summed E-state index contributed by atoms with van der Waals surface area (Å²) in [5.41, 5.74) is 0.101. The van der Waals surface area contributed by atoms with E-state index < -0.39 is 34.2 Å². The number of nitrogens with zero attached hydrogens (tertiary/aromatic N) is 4. The third kappa shape index (κ3) is 3.88. The number of hydrogen-bond acceptors (Lipinski definition) is 10. The first-order valence-corrected chi connectivity index (χ1v) is 12.7. The molecule has 1 N–H and O–H groups in total. The van der Waals surface area contributed by atoms with E-state index in [9.17, 15) is 24.5 Å². The van der Waals surface area contributed by atoms with Crippen LogP contribution in [0.2, 0.25) is 0 Å². The molecule has 0 saturated carbocycles. The van der Waals surface area contributed by atoms with E-state index in [2.05, 4.69) is 5.32 Å². The van der Waals surface area contributed by atoms with Crippen LogP contribution in [0.4, 0.5) is 27.5 Å². The summed E-state index contributed by atoms with van der Waals surface area (Å²) in [6.07, 6.45) is -0.123. The Labute approximate surface area is 223 Å². The van der Waals surface area contributed by atoms with Gasteiger partial charge in [0.2, 0.25) is 5.91 Å². The normalized spacial score (nSPS) is 24.8. The van der Waals surface area contributed by atoms with Crippen LogP contribution in [0.5, 0.6) is 5.75 Å². The van der Waals surface area contributed by atoms with E-state index in [0.717, 1.165) is 10.6 Å². The Kier molecular flexibility index (Phi) is 6.11. The van der Waals surface area contributed by atoms with Crippen LogP contribution in [0.15, 0.2) is 36.4 Å². The third-order valence-corrected chi connectivity index (χ3v) is 7.94. The van der Waals surface area contributed by atoms with Crippen LogP contribution < -0.4 is 24.8 Å². The summed E-state index contributed by atoms with van der Waals surface area (Å²) in [6.45, 7) is 2.74. The summed E-state index contributed by atoms with van der Waals surface area (Å²) in [5.74, 6) is -0.906. The minimum absolute atomic E-state index is 0.0765. The largest absolute Gasteiger partial charge is 0.497 e. The zero-order valence-electron chi connectivity index (χ0n) is 21.3. The highest BCUT2D eigenvalue weighted by molar-refractivity contribution is 6.30. The molecule has 2 aromatic rings. The predicted molar refractivity (Wildman–Crippen MR) is 138 cm³/mol. The number of morpholine rings is 2. The van der Waals surface area contributed by atoms with Crippen molar-refractivity contribution in [1.82, 2.24) is 5.32 Å². The molecule has 0 radical (unpaired) electrons. The molecule has 13 nitrogen and oxygen atoms in total. The number of imide groups is 2. The van der Waals surface area contributed by atoms with Crippen molar-refractivity contribution in [3.8, 4) is 5.75 Å². The molecule has 4 heterocycles. The average molecular weight is 538 g/mol. The zero-order chi connectivity index (χ0) is 27.3. The van der Waals surface area contributed by atoms with Crippen LogP contribution in [-0.2, 0) is 25.5 Å². The highest BCUT2D eigenvalue weighted by atomic mass is 16.6. The lowest BCUT2D eigenvalue weighted by molar-refractivity contribution is -0.384. The van der Waals surface area contributed by atoms with Crippen LogP contribution in [-0.4, -0.2) is 82.0 Å². The minimum Gasteiger partial charge on any atom is -0.497 e. The molecule has 0 aromatic heterocycles. The standard InChI is InChI=1S/C26H27N5O8/c1-37-18-4-2-17(3-5-18)30-24(33)26(23(32)27-25(30)34)14-16-12-21(31(35)36)20(28-6-9-38-10-7-28)13-19(16)29-8-11-39-15-22(26)29/h2-5,12-13,22H,6-11,14-15H2,1H3,(H,27,32,34)/t22-,26-/m0/s1. The molecule has 0 bridgehead atoms. The number of amides is 4. The van der Waals surface area contributed by atoms with Gasteiger partial charge in [0, 0.05) is 37.8 Å². The molecule has 0 unspecified atom stereocenters. The molecule has 3 fully saturated rings. The monoisotopic (exact) mass is 537 g/mol. The number of nitro groups is 1. The second-order valence-corrected chi connectivity index (χ2v) is 9.86. The van der Waals surface area contributed by atoms with Crippen LogP contribution in [0.1, 0.15) is 5.56 Å². The Morgan fingerprint density at radius 1 is 1.03 bits per heavy atom. The van der Waals surface area contributed by atoms with Gasteiger partial charge in [-0.25, -0.2) is 9.69 Å². The molecule has 204 valence electrons. The van der Waals surface area contributed by atoms with E-state index in [4.69, 9.17) is 14.2 Å². The summed E-state index contributed by atoms with van der Waals surface area (Å²) in [7, 11) is 1.50. The number of fused-ring (bicyclic) bond motifs is 4. The van der Waals surface area contributed by atoms with Gasteiger partial charge in [-0.15, -0.1) is 0 Å². The van der Waals surface area contributed by atoms with Crippen molar-refractivity contribution in [2.45, 2.75) is 12.5 Å². The first-order valence-electron chi connectivity index (χ1n) is 12.7. The van der Waals surface area contributed by atoms with Crippen molar-refractivity contribution in [2.24, 2.45) is 5.41 Å². The quantitative estimate of drug-likeness (QED) is 0.346. The highest BCUT2D eigenvalue weighted by Gasteiger charge is 2.63. The van der Waals surface area contributed by atoms with Gasteiger partial charge in [0.15, 0.2) is 5.41 Å². The van der Waals surface area contributed by atoms with Crippen molar-refractivity contribution in [3.63, 3.8) is 0 Å². The van der Waals surface area contributed by atoms with E-state index in [-0.39, 0.29) is 24.4 Å². The van der Waals surface area contributed by atoms with Gasteiger partial charge in [0.05, 0.1) is 50.2 Å². The molecule has 2 atom stereocenters. The molecule has 3 saturated heterocycles. The van der Waals surface area contributed by atoms with Crippen LogP contribution in [0, 0.1) is 15.5 Å². The maximum Gasteiger partial charge on any atom is 0.335 e. The number of rotatable bonds is 4. The number of barbiturate groups is 1. The van der Waals surface area contributed by atoms with Crippen molar-refractivity contribution < 1.29 is 33.5 Å². The molecule has 0 aliphatic carbocycles. The Hall–Kier alpha value is -4.23. The molecule has 2 aromatic carbocycles. The van der Waals surface area contributed by atoms with Gasteiger partial charge in [-0.3, -0.25) is 25.0 Å². The minimum atomic E-state index is -1.74. The highest BCUT2D eigenvalue weighted by Crippen LogP contribution is 2.49. The van der Waals surface area contributed by atoms with Gasteiger partial charge in [-0.05, 0) is 35.9 Å². The molecular weight excluding hydrogens is 510 g/mol. The maximum absolute atomic E-state index is 14.3. The van der Waals surface area contributed by atoms with Gasteiger partial charge in [0.1, 0.15) is 11.4 Å². The van der Waals surface area contributed by atoms with Gasteiger partial charge >= 0.3 is 6.03 Å². The number of carbonyl (C=O) groups is 3. The van der Waals surface area contributed by atoms with Gasteiger partial charge in [0.25, 0.3) is 11.6 Å². The molecule has 6 rings (SSSR count). The van der Waals surface area contributed by atoms with Gasteiger partial charge in [-0.1, -0.05) is 0 Å². The smallest absolute Gasteiger partial charge is 0.335 e. The van der Waals surface area contributed by atoms with Crippen molar-refractivity contribution in [1.29, 1.82) is 0 Å². The summed E-state index contributed by atoms with van der Waals surface area (Å²) in [4.78, 5) is 57.4. The van der Waals surface area contributed by atoms with E-state index in [1.807, 2.05) is 9.80 Å². The molecule has 13 heteroatoms. The van der Waals surface area contributed by atoms with Crippen molar-refractivity contribution in [3.05, 3.63) is 52.1 Å². The van der Waals surface area contributed by atoms with Crippen LogP contribution in [0.25, 0.3) is 0 Å². The molecular formula is C26H27N5O8. The number of benzene rings is 2. The van der Waals surface area contributed by atoms with Crippen molar-refractivity contribution in [2.75, 3.05) is 67.9 Å². The first-order chi connectivity index (χ1) is 18.8. The van der Waals surface area contributed by atoms with Gasteiger partial charge < -0.3 is 24.0 Å². The average Bonchev–Trinajstić information content (AvgIpc) is 2.96. The number of anilines is 3. The first kappa shape index (κ1) is 25.1. The number of ether oxygens (including phenoxy) is 3. The lowest BCUT2D eigenvalue weighted by Crippen LogP contribution is -2.74. The maximum atomic E-state index is 14.3. The second-order valence-electron chi connectivity index (χ2n) is 9.86. The summed E-state index contributed by atoms with van der Waals surface area (Å²) >= 11 is 0. The number of urea groups is 1. The fraction of sp³-hybridized carbons (Fsp3) is 0.423. The van der Waals surface area contributed by atoms with E-state index in [1.165, 1.54) is 13.2 Å². The third-order valence-electron chi connectivity index (χ3n) is 7.94. The molecule has 4 amide bonds. The Bertz CT molecular complexity index is 1360. The second kappa shape index (κ2) is 9.50. The zero-order valence-corrected chi connectivity index (χ0v) is 21.3. The SMILES string of the molecule is COc1ccc(N2C(=O)NC(=O)[C@@]3(Cc4cc([N+](=O)[O-])c(N5CCOCC5)cc4N4CCOC[C@H]43)C2=O)cc1. The molecule has 1 spiro atoms. The van der Waals surface area contributed by atoms with Crippen LogP contribution >= 0.6 is 0 Å². The molecule has 4 aliphatic heterocycles. The number of methoxy groups -OCH3 is 1. The lowest BCUT2D eigenvalue weighted by atomic mass is 9.68. The number of nitrogens with one attached hydrogen (secondary N) is 1. The number of nitro benzene ring substituents is 1. The van der Waals surface area contributed by atoms with Gasteiger partial charge in [-0.2, -0.15) is 0 Å². The Morgan fingerprint density at radius 2 is 1.74 bits per heavy atom. The van der Waals surface area contributed by atoms with E-state index >= 15 is 0 Å². The van der Waals surface area contributed by atoms with E-state index in [1.54, 1.807) is 30.3 Å². The Balaban J connectivity index is 1.48.